The number of likely N-dealkylation sites (tertiary alicyclic amines) is 1. The summed E-state index contributed by atoms with van der Waals surface area (Å²) in [4.78, 5) is 18.2. The van der Waals surface area contributed by atoms with Crippen LogP contribution in [-0.4, -0.2) is 43.8 Å². The number of piperidine rings is 1. The molecule has 4 rings (SSSR count). The summed E-state index contributed by atoms with van der Waals surface area (Å²) in [6, 6.07) is 6.46. The van der Waals surface area contributed by atoms with Crippen LogP contribution < -0.4 is 0 Å². The number of halogens is 3. The van der Waals surface area contributed by atoms with Crippen LogP contribution in [0.1, 0.15) is 34.9 Å². The lowest BCUT2D eigenvalue weighted by Gasteiger charge is -2.31. The lowest BCUT2D eigenvalue weighted by molar-refractivity contribution is -0.137. The molecule has 0 atom stereocenters. The Morgan fingerprint density at radius 1 is 1.18 bits per heavy atom. The first-order valence-corrected chi connectivity index (χ1v) is 8.70. The normalized spacial score (nSPS) is 15.8. The Morgan fingerprint density at radius 2 is 1.93 bits per heavy atom. The van der Waals surface area contributed by atoms with Crippen molar-refractivity contribution in [1.29, 1.82) is 0 Å². The lowest BCUT2D eigenvalue weighted by atomic mass is 10.0. The molecule has 3 heterocycles. The second kappa shape index (κ2) is 7.10. The second-order valence-corrected chi connectivity index (χ2v) is 6.52. The zero-order valence-corrected chi connectivity index (χ0v) is 14.6. The summed E-state index contributed by atoms with van der Waals surface area (Å²) < 4.78 is 46.4. The van der Waals surface area contributed by atoms with Gasteiger partial charge in [-0.2, -0.15) is 18.3 Å². The van der Waals surface area contributed by atoms with E-state index in [9.17, 15) is 18.0 Å². The number of rotatable bonds is 3. The molecule has 1 aliphatic rings. The van der Waals surface area contributed by atoms with E-state index in [1.807, 2.05) is 0 Å². The monoisotopic (exact) mass is 391 g/mol. The minimum atomic E-state index is -4.53. The van der Waals surface area contributed by atoms with E-state index < -0.39 is 11.7 Å². The first-order valence-electron chi connectivity index (χ1n) is 8.70. The van der Waals surface area contributed by atoms with Gasteiger partial charge in [0.05, 0.1) is 11.6 Å². The van der Waals surface area contributed by atoms with Gasteiger partial charge in [0.1, 0.15) is 12.7 Å². The average molecular weight is 391 g/mol. The molecule has 0 unspecified atom stereocenters. The maximum atomic E-state index is 13.2. The molecule has 1 aliphatic heterocycles. The van der Waals surface area contributed by atoms with Crippen LogP contribution in [-0.2, 0) is 6.18 Å². The lowest BCUT2D eigenvalue weighted by Crippen LogP contribution is -2.39. The second-order valence-electron chi connectivity index (χ2n) is 6.52. The standard InChI is InChI=1S/C18H16F3N5O2/c19-18(20,21)14-4-2-1-3-13(14)16-9-15(24-28-16)17(27)25-7-5-12(6-8-25)26-11-22-10-23-26/h1-4,9-12H,5-8H2. The smallest absolute Gasteiger partial charge is 0.355 e. The highest BCUT2D eigenvalue weighted by molar-refractivity contribution is 5.93. The minimum absolute atomic E-state index is 0.00816. The van der Waals surface area contributed by atoms with E-state index in [-0.39, 0.29) is 29.0 Å². The Bertz CT molecular complexity index is 960. The molecule has 0 spiro atoms. The van der Waals surface area contributed by atoms with Crippen molar-refractivity contribution in [1.82, 2.24) is 24.8 Å². The van der Waals surface area contributed by atoms with Crippen LogP contribution in [0.15, 0.2) is 47.5 Å². The van der Waals surface area contributed by atoms with Gasteiger partial charge in [0.25, 0.3) is 5.91 Å². The average Bonchev–Trinajstić information content (AvgIpc) is 3.39. The summed E-state index contributed by atoms with van der Waals surface area (Å²) in [5.41, 5.74) is -0.989. The number of hydrogen-bond acceptors (Lipinski definition) is 5. The van der Waals surface area contributed by atoms with E-state index in [1.54, 1.807) is 15.9 Å². The molecule has 1 amide bonds. The highest BCUT2D eigenvalue weighted by Gasteiger charge is 2.35. The van der Waals surface area contributed by atoms with Crippen LogP contribution in [0.4, 0.5) is 13.2 Å². The first kappa shape index (κ1) is 18.2. The van der Waals surface area contributed by atoms with Gasteiger partial charge in [-0.05, 0) is 18.9 Å². The fourth-order valence-electron chi connectivity index (χ4n) is 3.35. The molecule has 0 N–H and O–H groups in total. The largest absolute Gasteiger partial charge is 0.417 e. The Balaban J connectivity index is 1.49. The van der Waals surface area contributed by atoms with Gasteiger partial charge in [-0.3, -0.25) is 4.79 Å². The molecule has 1 aromatic carbocycles. The summed E-state index contributed by atoms with van der Waals surface area (Å²) in [5, 5.41) is 7.81. The van der Waals surface area contributed by atoms with E-state index in [1.165, 1.54) is 30.6 Å². The molecule has 146 valence electrons. The Morgan fingerprint density at radius 3 is 2.61 bits per heavy atom. The predicted molar refractivity (Wildman–Crippen MR) is 91.1 cm³/mol. The van der Waals surface area contributed by atoms with Crippen molar-refractivity contribution in [3.63, 3.8) is 0 Å². The molecule has 0 saturated carbocycles. The third-order valence-electron chi connectivity index (χ3n) is 4.79. The number of carbonyl (C=O) groups is 1. The Labute approximate surface area is 157 Å². The van der Waals surface area contributed by atoms with Crippen LogP contribution in [0.25, 0.3) is 11.3 Å². The van der Waals surface area contributed by atoms with Crippen LogP contribution in [0.5, 0.6) is 0 Å². The van der Waals surface area contributed by atoms with E-state index in [4.69, 9.17) is 4.52 Å². The van der Waals surface area contributed by atoms with Gasteiger partial charge in [0.15, 0.2) is 11.5 Å². The molecule has 2 aromatic heterocycles. The van der Waals surface area contributed by atoms with Crippen molar-refractivity contribution < 1.29 is 22.5 Å². The van der Waals surface area contributed by atoms with E-state index in [0.717, 1.165) is 6.07 Å². The van der Waals surface area contributed by atoms with Crippen molar-refractivity contribution in [3.05, 3.63) is 54.2 Å². The molecule has 7 nitrogen and oxygen atoms in total. The fraction of sp³-hybridized carbons (Fsp3) is 0.333. The summed E-state index contributed by atoms with van der Waals surface area (Å²) in [6.45, 7) is 0.982. The SMILES string of the molecule is O=C(c1cc(-c2ccccc2C(F)(F)F)on1)N1CCC(n2cncn2)CC1. The minimum Gasteiger partial charge on any atom is -0.355 e. The highest BCUT2D eigenvalue weighted by atomic mass is 19.4. The van der Waals surface area contributed by atoms with Gasteiger partial charge in [0, 0.05) is 24.7 Å². The van der Waals surface area contributed by atoms with E-state index >= 15 is 0 Å². The molecule has 10 heteroatoms. The zero-order valence-electron chi connectivity index (χ0n) is 14.6. The third-order valence-corrected chi connectivity index (χ3v) is 4.79. The van der Waals surface area contributed by atoms with Gasteiger partial charge < -0.3 is 9.42 Å². The van der Waals surface area contributed by atoms with Crippen LogP contribution in [0.2, 0.25) is 0 Å². The topological polar surface area (TPSA) is 77.0 Å². The molecule has 1 saturated heterocycles. The molecular weight excluding hydrogens is 375 g/mol. The molecule has 1 fully saturated rings. The number of aromatic nitrogens is 4. The molecule has 28 heavy (non-hydrogen) atoms. The maximum Gasteiger partial charge on any atom is 0.417 e. The molecular formula is C18H16F3N5O2. The van der Waals surface area contributed by atoms with Gasteiger partial charge in [0.2, 0.25) is 0 Å². The van der Waals surface area contributed by atoms with E-state index in [0.29, 0.717) is 25.9 Å². The zero-order chi connectivity index (χ0) is 19.7. The number of amides is 1. The number of nitrogens with zero attached hydrogens (tertiary/aromatic N) is 5. The summed E-state index contributed by atoms with van der Waals surface area (Å²) in [6.07, 6.45) is -0.0123. The molecule has 3 aromatic rings. The van der Waals surface area contributed by atoms with E-state index in [2.05, 4.69) is 15.2 Å². The van der Waals surface area contributed by atoms with Crippen molar-refractivity contribution in [2.24, 2.45) is 0 Å². The number of carbonyl (C=O) groups excluding carboxylic acids is 1. The van der Waals surface area contributed by atoms with Crippen LogP contribution in [0.3, 0.4) is 0 Å². The predicted octanol–water partition coefficient (Wildman–Crippen LogP) is 3.43. The first-order chi connectivity index (χ1) is 13.4. The Hall–Kier alpha value is -3.17. The van der Waals surface area contributed by atoms with Crippen molar-refractivity contribution in [3.8, 4) is 11.3 Å². The summed E-state index contributed by atoms with van der Waals surface area (Å²) in [7, 11) is 0. The third kappa shape index (κ3) is 3.49. The molecule has 0 radical (unpaired) electrons. The molecule has 0 aliphatic carbocycles. The fourth-order valence-corrected chi connectivity index (χ4v) is 3.35. The van der Waals surface area contributed by atoms with Crippen LogP contribution >= 0.6 is 0 Å². The quantitative estimate of drug-likeness (QED) is 0.684. The summed E-state index contributed by atoms with van der Waals surface area (Å²) in [5.74, 6) is -0.453. The number of benzene rings is 1. The van der Waals surface area contributed by atoms with Crippen molar-refractivity contribution in [2.75, 3.05) is 13.1 Å². The number of hydrogen-bond donors (Lipinski definition) is 0. The van der Waals surface area contributed by atoms with Gasteiger partial charge >= 0.3 is 6.18 Å². The molecule has 0 bridgehead atoms. The van der Waals surface area contributed by atoms with Crippen LogP contribution in [0, 0.1) is 0 Å². The van der Waals surface area contributed by atoms with Gasteiger partial charge in [-0.1, -0.05) is 23.4 Å². The Kier molecular flexibility index (Phi) is 4.62. The van der Waals surface area contributed by atoms with Gasteiger partial charge in [-0.15, -0.1) is 0 Å². The van der Waals surface area contributed by atoms with Crippen molar-refractivity contribution in [2.45, 2.75) is 25.1 Å². The van der Waals surface area contributed by atoms with Crippen molar-refractivity contribution >= 4 is 5.91 Å². The highest BCUT2D eigenvalue weighted by Crippen LogP contribution is 2.37. The number of alkyl halides is 3. The van der Waals surface area contributed by atoms with Gasteiger partial charge in [-0.25, -0.2) is 9.67 Å². The summed E-state index contributed by atoms with van der Waals surface area (Å²) >= 11 is 0. The maximum absolute atomic E-state index is 13.2.